The molecule has 1 aromatic heterocycles. The molecule has 0 saturated carbocycles. The van der Waals surface area contributed by atoms with Crippen molar-refractivity contribution in [2.75, 3.05) is 6.61 Å². The number of hydrogen-bond donors (Lipinski definition) is 1. The van der Waals surface area contributed by atoms with Crippen molar-refractivity contribution < 1.29 is 9.50 Å². The van der Waals surface area contributed by atoms with Crippen LogP contribution in [0.5, 0.6) is 0 Å². The Hall–Kier alpha value is -1.91. The van der Waals surface area contributed by atoms with Gasteiger partial charge in [0.25, 0.3) is 0 Å². The lowest BCUT2D eigenvalue weighted by Gasteiger charge is -2.02. The van der Waals surface area contributed by atoms with Gasteiger partial charge in [-0.05, 0) is 34.2 Å². The average molecular weight is 278 g/mol. The predicted octanol–water partition coefficient (Wildman–Crippen LogP) is 0.985. The van der Waals surface area contributed by atoms with Crippen LogP contribution in [0.15, 0.2) is 23.4 Å². The van der Waals surface area contributed by atoms with Crippen molar-refractivity contribution in [3.05, 3.63) is 35.1 Å². The van der Waals surface area contributed by atoms with E-state index >= 15 is 0 Å². The molecule has 0 atom stereocenters. The first-order valence-corrected chi connectivity index (χ1v) is 6.42. The number of aliphatic hydroxyl groups is 1. The number of nitrogens with zero attached hydrogens (tertiary/aromatic N) is 4. The fourth-order valence-corrected chi connectivity index (χ4v) is 2.22. The summed E-state index contributed by atoms with van der Waals surface area (Å²) in [4.78, 5) is 0. The normalized spacial score (nSPS) is 10.1. The minimum Gasteiger partial charge on any atom is -0.384 e. The van der Waals surface area contributed by atoms with E-state index in [1.54, 1.807) is 17.8 Å². The predicted molar refractivity (Wildman–Crippen MR) is 68.7 cm³/mol. The Morgan fingerprint density at radius 2 is 2.26 bits per heavy atom. The summed E-state index contributed by atoms with van der Waals surface area (Å²) in [6, 6.07) is 4.56. The van der Waals surface area contributed by atoms with Crippen LogP contribution in [-0.4, -0.2) is 31.9 Å². The second-order valence-electron chi connectivity index (χ2n) is 3.68. The highest BCUT2D eigenvalue weighted by Crippen LogP contribution is 2.20. The maximum atomic E-state index is 13.4. The second-order valence-corrected chi connectivity index (χ2v) is 4.62. The Kier molecular flexibility index (Phi) is 4.49. The van der Waals surface area contributed by atoms with Crippen LogP contribution >= 0.6 is 11.8 Å². The van der Waals surface area contributed by atoms with Crippen LogP contribution in [-0.2, 0) is 12.8 Å². The Morgan fingerprint density at radius 1 is 1.42 bits per heavy atom. The smallest absolute Gasteiger partial charge is 0.209 e. The summed E-state index contributed by atoms with van der Waals surface area (Å²) in [6.07, 6.45) is 0. The molecule has 7 heteroatoms. The topological polar surface area (TPSA) is 63.8 Å². The van der Waals surface area contributed by atoms with Gasteiger partial charge in [-0.3, -0.25) is 0 Å². The fraction of sp³-hybridized carbons (Fsp3) is 0.250. The van der Waals surface area contributed by atoms with Crippen LogP contribution in [0.1, 0.15) is 11.1 Å². The van der Waals surface area contributed by atoms with Crippen molar-refractivity contribution in [2.24, 2.45) is 7.05 Å². The zero-order valence-electron chi connectivity index (χ0n) is 10.2. The Bertz CT molecular complexity index is 632. The summed E-state index contributed by atoms with van der Waals surface area (Å²) in [5.74, 6) is 5.37. The Labute approximate surface area is 113 Å². The number of hydrogen-bond acceptors (Lipinski definition) is 5. The van der Waals surface area contributed by atoms with E-state index in [9.17, 15) is 4.39 Å². The maximum absolute atomic E-state index is 13.4. The molecule has 1 aromatic carbocycles. The van der Waals surface area contributed by atoms with Gasteiger partial charge in [0.2, 0.25) is 5.16 Å². The van der Waals surface area contributed by atoms with Crippen molar-refractivity contribution in [3.8, 4) is 11.8 Å². The van der Waals surface area contributed by atoms with Crippen LogP contribution < -0.4 is 0 Å². The molecule has 19 heavy (non-hydrogen) atoms. The molecule has 2 aromatic rings. The highest BCUT2D eigenvalue weighted by atomic mass is 32.2. The van der Waals surface area contributed by atoms with Gasteiger partial charge >= 0.3 is 0 Å². The molecule has 1 N–H and O–H groups in total. The third-order valence-corrected chi connectivity index (χ3v) is 3.30. The van der Waals surface area contributed by atoms with Gasteiger partial charge in [-0.1, -0.05) is 23.6 Å². The molecule has 98 valence electrons. The average Bonchev–Trinajstić information content (AvgIpc) is 2.79. The van der Waals surface area contributed by atoms with E-state index in [1.807, 2.05) is 0 Å². The van der Waals surface area contributed by atoms with Crippen molar-refractivity contribution >= 4 is 11.8 Å². The van der Waals surface area contributed by atoms with E-state index in [0.717, 1.165) is 5.56 Å². The van der Waals surface area contributed by atoms with Gasteiger partial charge < -0.3 is 5.11 Å². The molecule has 1 heterocycles. The molecule has 0 aliphatic carbocycles. The van der Waals surface area contributed by atoms with E-state index in [4.69, 9.17) is 5.11 Å². The van der Waals surface area contributed by atoms with Crippen molar-refractivity contribution in [1.82, 2.24) is 20.2 Å². The molecule has 0 saturated heterocycles. The minimum absolute atomic E-state index is 0.245. The highest BCUT2D eigenvalue weighted by Gasteiger charge is 2.05. The molecule has 2 rings (SSSR count). The van der Waals surface area contributed by atoms with Gasteiger partial charge in [0.15, 0.2) is 0 Å². The number of thioether (sulfide) groups is 1. The summed E-state index contributed by atoms with van der Waals surface area (Å²) in [7, 11) is 1.74. The highest BCUT2D eigenvalue weighted by molar-refractivity contribution is 7.98. The number of aryl methyl sites for hydroxylation is 1. The molecule has 5 nitrogen and oxygen atoms in total. The summed E-state index contributed by atoms with van der Waals surface area (Å²) in [5, 5.41) is 20.4. The fourth-order valence-electron chi connectivity index (χ4n) is 1.44. The third-order valence-electron chi connectivity index (χ3n) is 2.22. The third kappa shape index (κ3) is 3.77. The summed E-state index contributed by atoms with van der Waals surface area (Å²) < 4.78 is 15.0. The quantitative estimate of drug-likeness (QED) is 0.670. The zero-order valence-corrected chi connectivity index (χ0v) is 11.0. The number of aliphatic hydroxyl groups excluding tert-OH is 1. The summed E-state index contributed by atoms with van der Waals surface area (Å²) in [5.41, 5.74) is 1.33. The molecule has 0 bridgehead atoms. The number of halogens is 1. The van der Waals surface area contributed by atoms with E-state index in [1.165, 1.54) is 23.9 Å². The van der Waals surface area contributed by atoms with E-state index < -0.39 is 0 Å². The number of rotatable bonds is 3. The number of tetrazole rings is 1. The second kappa shape index (κ2) is 6.31. The Morgan fingerprint density at radius 3 is 2.95 bits per heavy atom. The van der Waals surface area contributed by atoms with Crippen molar-refractivity contribution in [1.29, 1.82) is 0 Å². The van der Waals surface area contributed by atoms with Crippen LogP contribution in [0.2, 0.25) is 0 Å². The lowest BCUT2D eigenvalue weighted by Crippen LogP contribution is -1.94. The van der Waals surface area contributed by atoms with E-state index in [-0.39, 0.29) is 12.4 Å². The van der Waals surface area contributed by atoms with Crippen molar-refractivity contribution in [2.45, 2.75) is 10.9 Å². The lowest BCUT2D eigenvalue weighted by atomic mass is 10.1. The van der Waals surface area contributed by atoms with E-state index in [0.29, 0.717) is 16.5 Å². The van der Waals surface area contributed by atoms with Gasteiger partial charge in [0.1, 0.15) is 12.4 Å². The molecule has 0 aliphatic heterocycles. The minimum atomic E-state index is -0.351. The van der Waals surface area contributed by atoms with Gasteiger partial charge in [0, 0.05) is 18.4 Å². The maximum Gasteiger partial charge on any atom is 0.209 e. The molecule has 0 amide bonds. The molecular formula is C12H11FN4OS. The largest absolute Gasteiger partial charge is 0.384 e. The zero-order chi connectivity index (χ0) is 13.7. The van der Waals surface area contributed by atoms with Gasteiger partial charge in [-0.15, -0.1) is 5.10 Å². The molecule has 0 radical (unpaired) electrons. The summed E-state index contributed by atoms with van der Waals surface area (Å²) >= 11 is 1.41. The number of aromatic nitrogens is 4. The van der Waals surface area contributed by atoms with E-state index in [2.05, 4.69) is 27.4 Å². The SMILES string of the molecule is Cn1nnnc1SCc1cc(F)cc(C#CCO)c1. The Balaban J connectivity index is 2.12. The molecule has 0 fully saturated rings. The molecule has 0 aliphatic rings. The first-order valence-electron chi connectivity index (χ1n) is 5.43. The van der Waals surface area contributed by atoms with Crippen LogP contribution in [0.3, 0.4) is 0 Å². The van der Waals surface area contributed by atoms with Crippen molar-refractivity contribution in [3.63, 3.8) is 0 Å². The monoisotopic (exact) mass is 278 g/mol. The first kappa shape index (κ1) is 13.5. The van der Waals surface area contributed by atoms with Crippen LogP contribution in [0, 0.1) is 17.7 Å². The molecular weight excluding hydrogens is 267 g/mol. The van der Waals surface area contributed by atoms with Gasteiger partial charge in [-0.2, -0.15) is 0 Å². The molecule has 0 spiro atoms. The standard InChI is InChI=1S/C12H11FN4OS/c1-17-12(14-15-16-17)19-8-10-5-9(3-2-4-18)6-11(13)7-10/h5-7,18H,4,8H2,1H3. The lowest BCUT2D eigenvalue weighted by molar-refractivity contribution is 0.350. The first-order chi connectivity index (χ1) is 9.19. The summed E-state index contributed by atoms with van der Waals surface area (Å²) in [6.45, 7) is -0.245. The van der Waals surface area contributed by atoms with Crippen LogP contribution in [0.25, 0.3) is 0 Å². The van der Waals surface area contributed by atoms with Gasteiger partial charge in [-0.25, -0.2) is 9.07 Å². The van der Waals surface area contributed by atoms with Gasteiger partial charge in [0.05, 0.1) is 0 Å². The number of benzene rings is 1. The van der Waals surface area contributed by atoms with Crippen LogP contribution in [0.4, 0.5) is 4.39 Å². The molecule has 0 unspecified atom stereocenters.